The number of nitrogens with zero attached hydrogens (tertiary/aromatic N) is 1. The zero-order valence-corrected chi connectivity index (χ0v) is 13.2. The molecule has 2 rings (SSSR count). The van der Waals surface area contributed by atoms with Gasteiger partial charge in [0.05, 0.1) is 18.7 Å². The maximum Gasteiger partial charge on any atom is 0.161 e. The molecule has 0 atom stereocenters. The van der Waals surface area contributed by atoms with Crippen molar-refractivity contribution >= 4 is 28.1 Å². The average Bonchev–Trinajstić information content (AvgIpc) is 2.43. The molecule has 4 nitrogen and oxygen atoms in total. The Labute approximate surface area is 124 Å². The fraction of sp³-hybridized carbons (Fsp3) is 0.231. The van der Waals surface area contributed by atoms with Crippen LogP contribution < -0.4 is 9.47 Å². The lowest BCUT2D eigenvalue weighted by molar-refractivity contribution is 0.355. The number of hydrogen-bond acceptors (Lipinski definition) is 4. The summed E-state index contributed by atoms with van der Waals surface area (Å²) >= 11 is 8.60. The molecule has 1 N–H and O–H groups in total. The maximum atomic E-state index is 5.28. The monoisotopic (exact) mass is 340 g/mol. The Hall–Kier alpha value is -1.40. The molecule has 0 aliphatic heterocycles. The van der Waals surface area contributed by atoms with Gasteiger partial charge in [0, 0.05) is 11.3 Å². The van der Waals surface area contributed by atoms with Crippen LogP contribution in [0.5, 0.6) is 11.5 Å². The number of H-pyrrole nitrogens is 1. The third-order valence-electron chi connectivity index (χ3n) is 2.69. The van der Waals surface area contributed by atoms with Crippen molar-refractivity contribution in [3.63, 3.8) is 0 Å². The molecule has 1 aromatic carbocycles. The molecule has 0 fully saturated rings. The van der Waals surface area contributed by atoms with Gasteiger partial charge in [-0.2, -0.15) is 0 Å². The van der Waals surface area contributed by atoms with Crippen LogP contribution in [0, 0.1) is 11.6 Å². The summed E-state index contributed by atoms with van der Waals surface area (Å²) in [5.74, 6) is 2.03. The molecule has 0 radical (unpaired) electrons. The van der Waals surface area contributed by atoms with Crippen LogP contribution in [0.1, 0.15) is 5.69 Å². The van der Waals surface area contributed by atoms with Crippen LogP contribution in [-0.2, 0) is 0 Å². The minimum absolute atomic E-state index is 0.529. The molecule has 0 bridgehead atoms. The van der Waals surface area contributed by atoms with Gasteiger partial charge in [-0.25, -0.2) is 4.98 Å². The van der Waals surface area contributed by atoms with Crippen molar-refractivity contribution in [2.24, 2.45) is 0 Å². The van der Waals surface area contributed by atoms with Crippen molar-refractivity contribution in [2.75, 3.05) is 14.2 Å². The number of aromatic amines is 1. The number of hydrogen-bond donors (Lipinski definition) is 1. The standard InChI is InChI=1S/C13H13BrN2O2S/c1-7-11(14)13(19)16-12(15-7)8-4-5-9(17-2)10(6-8)18-3/h4-6H,1-3H3,(H,15,16,19). The summed E-state index contributed by atoms with van der Waals surface area (Å²) in [5, 5.41) is 0. The van der Waals surface area contributed by atoms with E-state index >= 15 is 0 Å². The Kier molecular flexibility index (Phi) is 4.21. The van der Waals surface area contributed by atoms with E-state index in [2.05, 4.69) is 25.9 Å². The molecule has 19 heavy (non-hydrogen) atoms. The molecule has 2 aromatic rings. The topological polar surface area (TPSA) is 47.1 Å². The van der Waals surface area contributed by atoms with E-state index in [1.165, 1.54) is 0 Å². The molecular weight excluding hydrogens is 328 g/mol. The number of nitrogens with one attached hydrogen (secondary N) is 1. The first-order valence-corrected chi connectivity index (χ1v) is 6.75. The Bertz CT molecular complexity index is 670. The van der Waals surface area contributed by atoms with Gasteiger partial charge in [0.2, 0.25) is 0 Å². The molecule has 100 valence electrons. The minimum Gasteiger partial charge on any atom is -0.493 e. The molecule has 0 unspecified atom stereocenters. The Morgan fingerprint density at radius 2 is 1.89 bits per heavy atom. The lowest BCUT2D eigenvalue weighted by Crippen LogP contribution is -1.96. The highest BCUT2D eigenvalue weighted by atomic mass is 79.9. The van der Waals surface area contributed by atoms with Crippen molar-refractivity contribution in [1.82, 2.24) is 9.97 Å². The predicted molar refractivity (Wildman–Crippen MR) is 80.4 cm³/mol. The zero-order chi connectivity index (χ0) is 14.0. The van der Waals surface area contributed by atoms with E-state index in [0.29, 0.717) is 22.0 Å². The first-order valence-electron chi connectivity index (χ1n) is 5.55. The first kappa shape index (κ1) is 14.0. The third-order valence-corrected chi connectivity index (χ3v) is 4.22. The molecule has 1 heterocycles. The zero-order valence-electron chi connectivity index (χ0n) is 10.8. The van der Waals surface area contributed by atoms with E-state index in [1.54, 1.807) is 14.2 Å². The molecule has 0 aliphatic rings. The van der Waals surface area contributed by atoms with Crippen LogP contribution in [0.25, 0.3) is 11.4 Å². The van der Waals surface area contributed by atoms with Gasteiger partial charge in [0.15, 0.2) is 11.5 Å². The van der Waals surface area contributed by atoms with E-state index in [1.807, 2.05) is 25.1 Å². The SMILES string of the molecule is COc1ccc(-c2nc(=S)c(Br)c(C)[nH]2)cc1OC. The minimum atomic E-state index is 0.529. The smallest absolute Gasteiger partial charge is 0.161 e. The van der Waals surface area contributed by atoms with Crippen LogP contribution in [0.2, 0.25) is 0 Å². The van der Waals surface area contributed by atoms with Crippen molar-refractivity contribution < 1.29 is 9.47 Å². The van der Waals surface area contributed by atoms with Crippen molar-refractivity contribution in [3.8, 4) is 22.9 Å². The fourth-order valence-corrected chi connectivity index (χ4v) is 2.12. The number of halogens is 1. The number of ether oxygens (including phenoxy) is 2. The van der Waals surface area contributed by atoms with Gasteiger partial charge < -0.3 is 14.5 Å². The van der Waals surface area contributed by atoms with Crippen LogP contribution in [-0.4, -0.2) is 24.2 Å². The van der Waals surface area contributed by atoms with Crippen LogP contribution in [0.3, 0.4) is 0 Å². The van der Waals surface area contributed by atoms with E-state index in [0.717, 1.165) is 15.7 Å². The molecular formula is C13H13BrN2O2S. The van der Waals surface area contributed by atoms with Crippen molar-refractivity contribution in [1.29, 1.82) is 0 Å². The van der Waals surface area contributed by atoms with Crippen molar-refractivity contribution in [2.45, 2.75) is 6.92 Å². The number of aromatic nitrogens is 2. The molecule has 0 amide bonds. The van der Waals surface area contributed by atoms with Crippen molar-refractivity contribution in [3.05, 3.63) is 33.0 Å². The second-order valence-electron chi connectivity index (χ2n) is 3.90. The van der Waals surface area contributed by atoms with Gasteiger partial charge in [-0.1, -0.05) is 12.2 Å². The largest absolute Gasteiger partial charge is 0.493 e. The van der Waals surface area contributed by atoms with Gasteiger partial charge in [0.1, 0.15) is 10.5 Å². The number of benzene rings is 1. The Morgan fingerprint density at radius 3 is 2.47 bits per heavy atom. The van der Waals surface area contributed by atoms with E-state index in [-0.39, 0.29) is 0 Å². The lowest BCUT2D eigenvalue weighted by Gasteiger charge is -2.10. The van der Waals surface area contributed by atoms with Gasteiger partial charge in [-0.05, 0) is 41.1 Å². The normalized spacial score (nSPS) is 10.3. The summed E-state index contributed by atoms with van der Waals surface area (Å²) < 4.78 is 11.8. The average molecular weight is 341 g/mol. The number of aryl methyl sites for hydroxylation is 1. The second kappa shape index (κ2) is 5.71. The molecule has 0 spiro atoms. The predicted octanol–water partition coefficient (Wildman–Crippen LogP) is 3.89. The maximum absolute atomic E-state index is 5.28. The highest BCUT2D eigenvalue weighted by Gasteiger charge is 2.09. The third kappa shape index (κ3) is 2.79. The highest BCUT2D eigenvalue weighted by molar-refractivity contribution is 9.10. The summed E-state index contributed by atoms with van der Waals surface area (Å²) in [4.78, 5) is 7.55. The number of methoxy groups -OCH3 is 2. The summed E-state index contributed by atoms with van der Waals surface area (Å²) in [7, 11) is 3.21. The first-order chi connectivity index (χ1) is 9.06. The van der Waals surface area contributed by atoms with E-state index < -0.39 is 0 Å². The summed E-state index contributed by atoms with van der Waals surface area (Å²) in [6.07, 6.45) is 0. The second-order valence-corrected chi connectivity index (χ2v) is 5.08. The summed E-state index contributed by atoms with van der Waals surface area (Å²) in [5.41, 5.74) is 1.82. The number of rotatable bonds is 3. The molecule has 0 saturated heterocycles. The molecule has 0 aliphatic carbocycles. The van der Waals surface area contributed by atoms with Crippen LogP contribution >= 0.6 is 28.1 Å². The molecule has 1 aromatic heterocycles. The van der Waals surface area contributed by atoms with E-state index in [4.69, 9.17) is 21.7 Å². The highest BCUT2D eigenvalue weighted by Crippen LogP contribution is 2.31. The lowest BCUT2D eigenvalue weighted by atomic mass is 10.2. The fourth-order valence-electron chi connectivity index (χ4n) is 1.69. The summed E-state index contributed by atoms with van der Waals surface area (Å²) in [6.45, 7) is 1.94. The quantitative estimate of drug-likeness (QED) is 0.861. The van der Waals surface area contributed by atoms with Gasteiger partial charge in [-0.3, -0.25) is 0 Å². The Balaban J connectivity index is 2.56. The van der Waals surface area contributed by atoms with Gasteiger partial charge in [-0.15, -0.1) is 0 Å². The van der Waals surface area contributed by atoms with Gasteiger partial charge >= 0.3 is 0 Å². The molecule has 0 saturated carbocycles. The van der Waals surface area contributed by atoms with Crippen LogP contribution in [0.15, 0.2) is 22.7 Å². The van der Waals surface area contributed by atoms with E-state index in [9.17, 15) is 0 Å². The van der Waals surface area contributed by atoms with Gasteiger partial charge in [0.25, 0.3) is 0 Å². The molecule has 6 heteroatoms. The summed E-state index contributed by atoms with van der Waals surface area (Å²) in [6, 6.07) is 5.60. The Morgan fingerprint density at radius 1 is 1.21 bits per heavy atom. The van der Waals surface area contributed by atoms with Crippen LogP contribution in [0.4, 0.5) is 0 Å².